The van der Waals surface area contributed by atoms with Gasteiger partial charge in [-0.1, -0.05) is 11.6 Å². The zero-order valence-corrected chi connectivity index (χ0v) is 11.9. The fourth-order valence-corrected chi connectivity index (χ4v) is 2.73. The molecular weight excluding hydrogens is 303 g/mol. The monoisotopic (exact) mass is 312 g/mol. The summed E-state index contributed by atoms with van der Waals surface area (Å²) in [5.74, 6) is 0.0251. The molecule has 0 heterocycles. The minimum Gasteiger partial charge on any atom is -0.434 e. The van der Waals surface area contributed by atoms with Crippen LogP contribution in [0.3, 0.4) is 0 Å². The van der Waals surface area contributed by atoms with Gasteiger partial charge in [-0.05, 0) is 25.5 Å². The number of carbonyl (C=O) groups is 1. The summed E-state index contributed by atoms with van der Waals surface area (Å²) < 4.78 is 31.9. The van der Waals surface area contributed by atoms with Crippen molar-refractivity contribution in [3.8, 4) is 5.75 Å². The van der Waals surface area contributed by atoms with Gasteiger partial charge in [0.1, 0.15) is 10.6 Å². The Kier molecular flexibility index (Phi) is 4.84. The van der Waals surface area contributed by atoms with Crippen LogP contribution in [-0.4, -0.2) is 21.2 Å². The Morgan fingerprint density at radius 3 is 2.50 bits per heavy atom. The Bertz CT molecular complexity index is 568. The Balaban J connectivity index is 3.18. The van der Waals surface area contributed by atoms with E-state index in [4.69, 9.17) is 27.0 Å². The summed E-state index contributed by atoms with van der Waals surface area (Å²) in [5.41, 5.74) is 0.483. The van der Waals surface area contributed by atoms with Crippen molar-refractivity contribution in [2.24, 2.45) is 0 Å². The van der Waals surface area contributed by atoms with E-state index in [1.54, 1.807) is 13.8 Å². The molecule has 1 aromatic rings. The van der Waals surface area contributed by atoms with Crippen LogP contribution in [0, 0.1) is 6.92 Å². The second-order valence-electron chi connectivity index (χ2n) is 3.27. The lowest BCUT2D eigenvalue weighted by atomic mass is 10.2. The predicted molar refractivity (Wildman–Crippen MR) is 66.9 cm³/mol. The highest BCUT2D eigenvalue weighted by Gasteiger charge is 2.19. The lowest BCUT2D eigenvalue weighted by Gasteiger charge is -2.09. The van der Waals surface area contributed by atoms with Gasteiger partial charge >= 0.3 is 6.16 Å². The number of hydrogen-bond donors (Lipinski definition) is 0. The van der Waals surface area contributed by atoms with Crippen LogP contribution in [0.15, 0.2) is 17.0 Å². The third kappa shape index (κ3) is 3.76. The second-order valence-corrected chi connectivity index (χ2v) is 6.21. The van der Waals surface area contributed by atoms with Gasteiger partial charge in [0.15, 0.2) is 0 Å². The molecule has 5 nitrogen and oxygen atoms in total. The summed E-state index contributed by atoms with van der Waals surface area (Å²) in [7, 11) is 1.19. The third-order valence-corrected chi connectivity index (χ3v) is 3.73. The summed E-state index contributed by atoms with van der Waals surface area (Å²) in [6.45, 7) is 3.36. The Morgan fingerprint density at radius 2 is 2.00 bits per heavy atom. The average molecular weight is 313 g/mol. The molecule has 0 unspecified atom stereocenters. The quantitative estimate of drug-likeness (QED) is 0.487. The number of carbonyl (C=O) groups excluding carboxylic acids is 1. The largest absolute Gasteiger partial charge is 0.513 e. The van der Waals surface area contributed by atoms with Crippen molar-refractivity contribution in [3.63, 3.8) is 0 Å². The first-order valence-corrected chi connectivity index (χ1v) is 7.54. The van der Waals surface area contributed by atoms with Crippen LogP contribution in [0.5, 0.6) is 5.75 Å². The molecule has 0 radical (unpaired) electrons. The molecule has 1 rings (SSSR count). The molecule has 0 N–H and O–H groups in total. The molecule has 18 heavy (non-hydrogen) atoms. The lowest BCUT2D eigenvalue weighted by Crippen LogP contribution is -2.11. The highest BCUT2D eigenvalue weighted by Crippen LogP contribution is 2.31. The summed E-state index contributed by atoms with van der Waals surface area (Å²) in [6, 6.07) is 2.42. The molecule has 0 atom stereocenters. The van der Waals surface area contributed by atoms with E-state index in [-0.39, 0.29) is 22.3 Å². The molecule has 0 aliphatic rings. The van der Waals surface area contributed by atoms with E-state index in [0.29, 0.717) is 5.56 Å². The van der Waals surface area contributed by atoms with Crippen LogP contribution in [0.1, 0.15) is 12.5 Å². The van der Waals surface area contributed by atoms with E-state index in [9.17, 15) is 13.2 Å². The van der Waals surface area contributed by atoms with Crippen molar-refractivity contribution >= 4 is 37.5 Å². The average Bonchev–Trinajstić information content (AvgIpc) is 2.20. The first-order valence-electron chi connectivity index (χ1n) is 4.85. The van der Waals surface area contributed by atoms with Gasteiger partial charge in [0, 0.05) is 16.7 Å². The van der Waals surface area contributed by atoms with Crippen LogP contribution in [0.25, 0.3) is 0 Å². The molecule has 8 heteroatoms. The highest BCUT2D eigenvalue weighted by molar-refractivity contribution is 8.13. The molecule has 0 aromatic heterocycles. The van der Waals surface area contributed by atoms with Gasteiger partial charge in [0.25, 0.3) is 9.05 Å². The van der Waals surface area contributed by atoms with E-state index >= 15 is 0 Å². The van der Waals surface area contributed by atoms with Crippen LogP contribution in [0.4, 0.5) is 4.79 Å². The molecule has 0 amide bonds. The molecule has 0 aliphatic heterocycles. The number of ether oxygens (including phenoxy) is 2. The molecule has 100 valence electrons. The number of benzene rings is 1. The van der Waals surface area contributed by atoms with Gasteiger partial charge in [0.05, 0.1) is 11.6 Å². The lowest BCUT2D eigenvalue weighted by molar-refractivity contribution is 0.104. The first-order chi connectivity index (χ1) is 8.25. The summed E-state index contributed by atoms with van der Waals surface area (Å²) >= 11 is 5.75. The van der Waals surface area contributed by atoms with Gasteiger partial charge < -0.3 is 9.47 Å². The van der Waals surface area contributed by atoms with Crippen molar-refractivity contribution in [1.29, 1.82) is 0 Å². The van der Waals surface area contributed by atoms with Crippen molar-refractivity contribution < 1.29 is 22.7 Å². The standard InChI is InChI=1S/C10H10Cl2O5S/c1-3-16-10(13)17-8-5-9(18(12,14)15)7(11)4-6(8)2/h4-5H,3H2,1-2H3. The molecule has 0 saturated carbocycles. The summed E-state index contributed by atoms with van der Waals surface area (Å²) in [6.07, 6.45) is -0.930. The van der Waals surface area contributed by atoms with E-state index in [2.05, 4.69) is 4.74 Å². The maximum atomic E-state index is 11.2. The Labute approximate surface area is 114 Å². The molecule has 0 saturated heterocycles. The zero-order chi connectivity index (χ0) is 13.9. The predicted octanol–water partition coefficient (Wildman–Crippen LogP) is 3.11. The van der Waals surface area contributed by atoms with E-state index < -0.39 is 15.2 Å². The third-order valence-electron chi connectivity index (χ3n) is 1.95. The van der Waals surface area contributed by atoms with Gasteiger partial charge in [-0.15, -0.1) is 0 Å². The number of halogens is 2. The number of aryl methyl sites for hydroxylation is 1. The Hall–Kier alpha value is -0.980. The van der Waals surface area contributed by atoms with E-state index in [1.807, 2.05) is 0 Å². The molecule has 0 aliphatic carbocycles. The van der Waals surface area contributed by atoms with Crippen molar-refractivity contribution in [3.05, 3.63) is 22.7 Å². The fourth-order valence-electron chi connectivity index (χ4n) is 1.17. The number of rotatable bonds is 3. The van der Waals surface area contributed by atoms with E-state index in [0.717, 1.165) is 6.07 Å². The minimum atomic E-state index is -4.01. The minimum absolute atomic E-state index is 0.0251. The van der Waals surface area contributed by atoms with Crippen LogP contribution >= 0.6 is 22.3 Å². The molecule has 1 aromatic carbocycles. The zero-order valence-electron chi connectivity index (χ0n) is 9.57. The maximum Gasteiger partial charge on any atom is 0.513 e. The smallest absolute Gasteiger partial charge is 0.434 e. The van der Waals surface area contributed by atoms with Gasteiger partial charge in [-0.2, -0.15) is 0 Å². The van der Waals surface area contributed by atoms with Gasteiger partial charge in [0.2, 0.25) is 0 Å². The van der Waals surface area contributed by atoms with E-state index in [1.165, 1.54) is 6.07 Å². The van der Waals surface area contributed by atoms with Crippen molar-refractivity contribution in [1.82, 2.24) is 0 Å². The maximum absolute atomic E-state index is 11.2. The number of hydrogen-bond acceptors (Lipinski definition) is 5. The summed E-state index contributed by atoms with van der Waals surface area (Å²) in [5, 5.41) is -0.0429. The fraction of sp³-hybridized carbons (Fsp3) is 0.300. The van der Waals surface area contributed by atoms with Gasteiger partial charge in [-0.3, -0.25) is 0 Å². The first kappa shape index (κ1) is 15.1. The van der Waals surface area contributed by atoms with Crippen molar-refractivity contribution in [2.45, 2.75) is 18.7 Å². The Morgan fingerprint density at radius 1 is 1.39 bits per heavy atom. The topological polar surface area (TPSA) is 69.7 Å². The highest BCUT2D eigenvalue weighted by atomic mass is 35.7. The molecule has 0 fully saturated rings. The SMILES string of the molecule is CCOC(=O)Oc1cc(S(=O)(=O)Cl)c(Cl)cc1C. The molecule has 0 bridgehead atoms. The van der Waals surface area contributed by atoms with Crippen LogP contribution in [-0.2, 0) is 13.8 Å². The summed E-state index contributed by atoms with van der Waals surface area (Å²) in [4.78, 5) is 10.8. The molecular formula is C10H10Cl2O5S. The van der Waals surface area contributed by atoms with Crippen LogP contribution < -0.4 is 4.74 Å². The van der Waals surface area contributed by atoms with Gasteiger partial charge in [-0.25, -0.2) is 13.2 Å². The molecule has 0 spiro atoms. The second kappa shape index (κ2) is 5.77. The van der Waals surface area contributed by atoms with Crippen molar-refractivity contribution in [2.75, 3.05) is 6.61 Å². The van der Waals surface area contributed by atoms with Crippen LogP contribution in [0.2, 0.25) is 5.02 Å². The normalized spacial score (nSPS) is 11.1.